The molecule has 0 amide bonds. The molecule has 0 saturated heterocycles. The summed E-state index contributed by atoms with van der Waals surface area (Å²) in [6.45, 7) is 9.44. The Balaban J connectivity index is 2.25. The third-order valence-corrected chi connectivity index (χ3v) is 4.67. The first-order valence-corrected chi connectivity index (χ1v) is 8.31. The van der Waals surface area contributed by atoms with Gasteiger partial charge in [-0.3, -0.25) is 0 Å². The van der Waals surface area contributed by atoms with E-state index in [9.17, 15) is 0 Å². The Labute approximate surface area is 137 Å². The molecule has 0 unspecified atom stereocenters. The number of halogens is 1. The zero-order chi connectivity index (χ0) is 15.5. The van der Waals surface area contributed by atoms with Crippen molar-refractivity contribution in [2.75, 3.05) is 0 Å². The lowest BCUT2D eigenvalue weighted by Gasteiger charge is -2.22. The Kier molecular flexibility index (Phi) is 5.37. The molecule has 21 heavy (non-hydrogen) atoms. The zero-order valence-electron chi connectivity index (χ0n) is 13.0. The van der Waals surface area contributed by atoms with E-state index in [1.165, 1.54) is 16.0 Å². The lowest BCUT2D eigenvalue weighted by molar-refractivity contribution is 0.422. The average molecular weight is 320 g/mol. The van der Waals surface area contributed by atoms with Crippen molar-refractivity contribution >= 4 is 23.4 Å². The smallest absolute Gasteiger partial charge is 0.0548 e. The lowest BCUT2D eigenvalue weighted by atomic mass is 10.1. The van der Waals surface area contributed by atoms with E-state index >= 15 is 0 Å². The number of hydrogen-bond donors (Lipinski definition) is 1. The molecule has 1 nitrogen and oxygen atoms in total. The van der Waals surface area contributed by atoms with E-state index in [4.69, 9.17) is 11.6 Å². The monoisotopic (exact) mass is 319 g/mol. The highest BCUT2D eigenvalue weighted by atomic mass is 35.5. The van der Waals surface area contributed by atoms with Gasteiger partial charge in [-0.2, -0.15) is 0 Å². The molecule has 0 aliphatic carbocycles. The second-order valence-electron chi connectivity index (χ2n) is 6.25. The third-order valence-electron chi connectivity index (χ3n) is 3.07. The number of hydrogen-bond acceptors (Lipinski definition) is 2. The molecule has 0 saturated carbocycles. The van der Waals surface area contributed by atoms with Crippen LogP contribution in [0.5, 0.6) is 0 Å². The second-order valence-corrected chi connectivity index (χ2v) is 7.74. The predicted molar refractivity (Wildman–Crippen MR) is 93.3 cm³/mol. The van der Waals surface area contributed by atoms with Gasteiger partial charge < -0.3 is 5.32 Å². The van der Waals surface area contributed by atoms with Crippen LogP contribution in [-0.2, 0) is 6.54 Å². The minimum absolute atomic E-state index is 0.0909. The summed E-state index contributed by atoms with van der Waals surface area (Å²) in [5, 5.41) is 4.35. The average Bonchev–Trinajstić information content (AvgIpc) is 2.39. The van der Waals surface area contributed by atoms with E-state index in [-0.39, 0.29) is 5.54 Å². The first-order valence-electron chi connectivity index (χ1n) is 7.12. The van der Waals surface area contributed by atoms with Crippen LogP contribution in [0.4, 0.5) is 0 Å². The highest BCUT2D eigenvalue weighted by Crippen LogP contribution is 2.36. The summed E-state index contributed by atoms with van der Waals surface area (Å²) in [6, 6.07) is 14.6. The lowest BCUT2D eigenvalue weighted by Crippen LogP contribution is -2.35. The summed E-state index contributed by atoms with van der Waals surface area (Å²) in [5.41, 5.74) is 2.60. The van der Waals surface area contributed by atoms with E-state index in [2.05, 4.69) is 63.3 Å². The maximum Gasteiger partial charge on any atom is 0.0548 e. The highest BCUT2D eigenvalue weighted by molar-refractivity contribution is 7.99. The largest absolute Gasteiger partial charge is 0.308 e. The molecule has 0 aliphatic heterocycles. The molecule has 0 atom stereocenters. The van der Waals surface area contributed by atoms with Crippen molar-refractivity contribution < 1.29 is 0 Å². The van der Waals surface area contributed by atoms with Crippen LogP contribution in [0.1, 0.15) is 31.9 Å². The van der Waals surface area contributed by atoms with E-state index in [1.807, 2.05) is 12.1 Å². The topological polar surface area (TPSA) is 12.0 Å². The van der Waals surface area contributed by atoms with Crippen LogP contribution in [-0.4, -0.2) is 5.54 Å². The van der Waals surface area contributed by atoms with Crippen LogP contribution in [0, 0.1) is 6.92 Å². The van der Waals surface area contributed by atoms with Gasteiger partial charge in [0.1, 0.15) is 0 Å². The summed E-state index contributed by atoms with van der Waals surface area (Å²) in [6.07, 6.45) is 0. The van der Waals surface area contributed by atoms with Crippen LogP contribution in [0.3, 0.4) is 0 Å². The Morgan fingerprint density at radius 1 is 1.10 bits per heavy atom. The van der Waals surface area contributed by atoms with Crippen molar-refractivity contribution in [2.45, 2.75) is 49.6 Å². The Hall–Kier alpha value is -0.960. The van der Waals surface area contributed by atoms with Gasteiger partial charge in [0.15, 0.2) is 0 Å². The summed E-state index contributed by atoms with van der Waals surface area (Å²) in [7, 11) is 0. The van der Waals surface area contributed by atoms with Gasteiger partial charge in [0, 0.05) is 21.9 Å². The highest BCUT2D eigenvalue weighted by Gasteiger charge is 2.13. The first kappa shape index (κ1) is 16.4. The standard InChI is InChI=1S/C18H22ClNS/c1-13-7-5-9-15(11-13)21-17-14(8-6-10-16(17)19)12-20-18(2,3)4/h5-11,20H,12H2,1-4H3. The van der Waals surface area contributed by atoms with Gasteiger partial charge in [-0.15, -0.1) is 0 Å². The zero-order valence-corrected chi connectivity index (χ0v) is 14.6. The van der Waals surface area contributed by atoms with Gasteiger partial charge in [-0.1, -0.05) is 53.2 Å². The normalized spacial score (nSPS) is 11.7. The molecule has 3 heteroatoms. The van der Waals surface area contributed by atoms with Crippen molar-refractivity contribution in [2.24, 2.45) is 0 Å². The van der Waals surface area contributed by atoms with Gasteiger partial charge in [-0.05, 0) is 51.5 Å². The maximum atomic E-state index is 6.42. The quantitative estimate of drug-likeness (QED) is 0.777. The van der Waals surface area contributed by atoms with Gasteiger partial charge in [0.05, 0.1) is 5.02 Å². The molecule has 0 heterocycles. The second kappa shape index (κ2) is 6.87. The van der Waals surface area contributed by atoms with Crippen LogP contribution < -0.4 is 5.32 Å². The van der Waals surface area contributed by atoms with Crippen LogP contribution in [0.2, 0.25) is 5.02 Å². The molecule has 1 N–H and O–H groups in total. The number of rotatable bonds is 4. The SMILES string of the molecule is Cc1cccc(Sc2c(Cl)cccc2CNC(C)(C)C)c1. The summed E-state index contributed by atoms with van der Waals surface area (Å²) < 4.78 is 0. The summed E-state index contributed by atoms with van der Waals surface area (Å²) >= 11 is 8.15. The van der Waals surface area contributed by atoms with E-state index in [0.29, 0.717) is 0 Å². The molecule has 112 valence electrons. The Bertz CT molecular complexity index is 617. The molecule has 0 aliphatic rings. The molecule has 2 aromatic rings. The van der Waals surface area contributed by atoms with Crippen molar-refractivity contribution in [3.63, 3.8) is 0 Å². The molecule has 0 spiro atoms. The molecular formula is C18H22ClNS. The van der Waals surface area contributed by atoms with Gasteiger partial charge in [-0.25, -0.2) is 0 Å². The van der Waals surface area contributed by atoms with Gasteiger partial charge >= 0.3 is 0 Å². The van der Waals surface area contributed by atoms with Crippen molar-refractivity contribution in [3.05, 3.63) is 58.6 Å². The van der Waals surface area contributed by atoms with Crippen molar-refractivity contribution in [1.29, 1.82) is 0 Å². The minimum Gasteiger partial charge on any atom is -0.308 e. The fourth-order valence-electron chi connectivity index (χ4n) is 1.96. The summed E-state index contributed by atoms with van der Waals surface area (Å²) in [4.78, 5) is 2.36. The molecule has 0 fully saturated rings. The van der Waals surface area contributed by atoms with Crippen LogP contribution in [0.25, 0.3) is 0 Å². The van der Waals surface area contributed by atoms with Crippen molar-refractivity contribution in [3.8, 4) is 0 Å². The van der Waals surface area contributed by atoms with Gasteiger partial charge in [0.25, 0.3) is 0 Å². The molecule has 2 rings (SSSR count). The fourth-order valence-corrected chi connectivity index (χ4v) is 3.34. The Morgan fingerprint density at radius 3 is 2.48 bits per heavy atom. The van der Waals surface area contributed by atoms with E-state index < -0.39 is 0 Å². The van der Waals surface area contributed by atoms with E-state index in [0.717, 1.165) is 16.5 Å². The first-order chi connectivity index (χ1) is 9.85. The van der Waals surface area contributed by atoms with Crippen LogP contribution in [0.15, 0.2) is 52.3 Å². The van der Waals surface area contributed by atoms with E-state index in [1.54, 1.807) is 11.8 Å². The number of nitrogens with one attached hydrogen (secondary N) is 1. The Morgan fingerprint density at radius 2 is 1.81 bits per heavy atom. The fraction of sp³-hybridized carbons (Fsp3) is 0.333. The van der Waals surface area contributed by atoms with Crippen molar-refractivity contribution in [1.82, 2.24) is 5.32 Å². The molecule has 0 bridgehead atoms. The molecule has 2 aromatic carbocycles. The van der Waals surface area contributed by atoms with Crippen LogP contribution >= 0.6 is 23.4 Å². The molecule has 0 aromatic heterocycles. The molecule has 0 radical (unpaired) electrons. The minimum atomic E-state index is 0.0909. The predicted octanol–water partition coefficient (Wildman–Crippen LogP) is 5.69. The molecular weight excluding hydrogens is 298 g/mol. The number of aryl methyl sites for hydroxylation is 1. The maximum absolute atomic E-state index is 6.42. The summed E-state index contributed by atoms with van der Waals surface area (Å²) in [5.74, 6) is 0. The van der Waals surface area contributed by atoms with Gasteiger partial charge in [0.2, 0.25) is 0 Å². The third kappa shape index (κ3) is 5.06. The number of benzene rings is 2.